The Morgan fingerprint density at radius 2 is 2.28 bits per heavy atom. The Kier molecular flexibility index (Phi) is 4.63. The van der Waals surface area contributed by atoms with Gasteiger partial charge in [-0.1, -0.05) is 0 Å². The first-order valence-electron chi connectivity index (χ1n) is 6.23. The molecule has 1 fully saturated rings. The summed E-state index contributed by atoms with van der Waals surface area (Å²) in [6.07, 6.45) is 3.74. The van der Waals surface area contributed by atoms with E-state index in [0.717, 1.165) is 38.0 Å². The van der Waals surface area contributed by atoms with E-state index in [1.807, 2.05) is 0 Å². The Morgan fingerprint density at radius 1 is 1.44 bits per heavy atom. The predicted molar refractivity (Wildman–Crippen MR) is 64.6 cm³/mol. The van der Waals surface area contributed by atoms with Crippen molar-refractivity contribution in [1.82, 2.24) is 5.43 Å². The van der Waals surface area contributed by atoms with Crippen molar-refractivity contribution in [2.45, 2.75) is 37.8 Å². The molecule has 1 saturated heterocycles. The van der Waals surface area contributed by atoms with Gasteiger partial charge >= 0.3 is 0 Å². The van der Waals surface area contributed by atoms with Crippen LogP contribution in [0.15, 0.2) is 18.2 Å². The summed E-state index contributed by atoms with van der Waals surface area (Å²) in [5, 5.41) is 0. The standard InChI is InChI=1S/C13H18F2N2O/c14-9-3-5-12(15)11(8-9)13(17-16)6-4-10-2-1-7-18-10/h3,5,8,10,13,17H,1-2,4,6-7,16H2. The van der Waals surface area contributed by atoms with Gasteiger partial charge in [0, 0.05) is 18.2 Å². The lowest BCUT2D eigenvalue weighted by Gasteiger charge is -2.19. The normalized spacial score (nSPS) is 21.2. The third kappa shape index (κ3) is 3.25. The van der Waals surface area contributed by atoms with Crippen molar-refractivity contribution >= 4 is 0 Å². The van der Waals surface area contributed by atoms with Gasteiger partial charge in [0.25, 0.3) is 0 Å². The smallest absolute Gasteiger partial charge is 0.128 e. The van der Waals surface area contributed by atoms with Crippen LogP contribution < -0.4 is 11.3 Å². The third-order valence-corrected chi connectivity index (χ3v) is 3.34. The number of benzene rings is 1. The lowest BCUT2D eigenvalue weighted by molar-refractivity contribution is 0.0994. The molecule has 3 nitrogen and oxygen atoms in total. The molecule has 2 atom stereocenters. The minimum atomic E-state index is -0.455. The van der Waals surface area contributed by atoms with Crippen molar-refractivity contribution in [2.24, 2.45) is 5.84 Å². The maximum absolute atomic E-state index is 13.6. The second kappa shape index (κ2) is 6.22. The van der Waals surface area contributed by atoms with Gasteiger partial charge in [0.1, 0.15) is 11.6 Å². The quantitative estimate of drug-likeness (QED) is 0.628. The maximum atomic E-state index is 13.6. The van der Waals surface area contributed by atoms with E-state index in [4.69, 9.17) is 10.6 Å². The number of ether oxygens (including phenoxy) is 1. The van der Waals surface area contributed by atoms with E-state index >= 15 is 0 Å². The van der Waals surface area contributed by atoms with Gasteiger partial charge in [0.2, 0.25) is 0 Å². The summed E-state index contributed by atoms with van der Waals surface area (Å²) >= 11 is 0. The summed E-state index contributed by atoms with van der Waals surface area (Å²) in [6, 6.07) is 3.04. The molecule has 0 spiro atoms. The largest absolute Gasteiger partial charge is 0.378 e. The minimum Gasteiger partial charge on any atom is -0.378 e. The van der Waals surface area contributed by atoms with E-state index in [1.54, 1.807) is 0 Å². The van der Waals surface area contributed by atoms with Gasteiger partial charge in [-0.05, 0) is 43.9 Å². The highest BCUT2D eigenvalue weighted by Gasteiger charge is 2.20. The lowest BCUT2D eigenvalue weighted by atomic mass is 9.99. The number of nitrogens with two attached hydrogens (primary N) is 1. The van der Waals surface area contributed by atoms with Crippen molar-refractivity contribution in [3.05, 3.63) is 35.4 Å². The third-order valence-electron chi connectivity index (χ3n) is 3.34. The lowest BCUT2D eigenvalue weighted by Crippen LogP contribution is -2.29. The Bertz CT molecular complexity index is 395. The highest BCUT2D eigenvalue weighted by atomic mass is 19.1. The van der Waals surface area contributed by atoms with Gasteiger partial charge in [-0.25, -0.2) is 8.78 Å². The fourth-order valence-electron chi connectivity index (χ4n) is 2.33. The monoisotopic (exact) mass is 256 g/mol. The van der Waals surface area contributed by atoms with Crippen LogP contribution in [0.25, 0.3) is 0 Å². The molecule has 1 aliphatic rings. The van der Waals surface area contributed by atoms with E-state index in [1.165, 1.54) is 6.07 Å². The Hall–Kier alpha value is -1.04. The van der Waals surface area contributed by atoms with Gasteiger partial charge in [0.05, 0.1) is 6.10 Å². The van der Waals surface area contributed by atoms with Gasteiger partial charge in [-0.15, -0.1) is 0 Å². The first-order valence-corrected chi connectivity index (χ1v) is 6.23. The first-order chi connectivity index (χ1) is 8.70. The van der Waals surface area contributed by atoms with E-state index < -0.39 is 11.6 Å². The SMILES string of the molecule is NNC(CCC1CCCO1)c1cc(F)ccc1F. The molecule has 1 aliphatic heterocycles. The van der Waals surface area contributed by atoms with Crippen LogP contribution in [-0.2, 0) is 4.74 Å². The zero-order valence-corrected chi connectivity index (χ0v) is 10.2. The molecule has 3 N–H and O–H groups in total. The van der Waals surface area contributed by atoms with Crippen LogP contribution in [0, 0.1) is 11.6 Å². The summed E-state index contributed by atoms with van der Waals surface area (Å²) in [6.45, 7) is 0.791. The van der Waals surface area contributed by atoms with Crippen molar-refractivity contribution in [3.8, 4) is 0 Å². The molecule has 18 heavy (non-hydrogen) atoms. The van der Waals surface area contributed by atoms with Crippen molar-refractivity contribution in [2.75, 3.05) is 6.61 Å². The van der Waals surface area contributed by atoms with Gasteiger partial charge in [-0.3, -0.25) is 11.3 Å². The molecule has 1 aromatic carbocycles. The van der Waals surface area contributed by atoms with E-state index in [2.05, 4.69) is 5.43 Å². The topological polar surface area (TPSA) is 47.3 Å². The van der Waals surface area contributed by atoms with Crippen LogP contribution in [0.3, 0.4) is 0 Å². The number of hydrogen-bond acceptors (Lipinski definition) is 3. The number of hydrogen-bond donors (Lipinski definition) is 2. The van der Waals surface area contributed by atoms with E-state index in [-0.39, 0.29) is 17.7 Å². The number of rotatable bonds is 5. The highest BCUT2D eigenvalue weighted by molar-refractivity contribution is 5.22. The molecule has 0 aromatic heterocycles. The fraction of sp³-hybridized carbons (Fsp3) is 0.538. The zero-order valence-electron chi connectivity index (χ0n) is 10.2. The minimum absolute atomic E-state index is 0.220. The van der Waals surface area contributed by atoms with Crippen LogP contribution in [0.1, 0.15) is 37.3 Å². The van der Waals surface area contributed by atoms with Crippen molar-refractivity contribution in [3.63, 3.8) is 0 Å². The molecule has 2 rings (SSSR count). The van der Waals surface area contributed by atoms with Crippen molar-refractivity contribution < 1.29 is 13.5 Å². The second-order valence-electron chi connectivity index (χ2n) is 4.60. The van der Waals surface area contributed by atoms with Crippen LogP contribution in [0.2, 0.25) is 0 Å². The van der Waals surface area contributed by atoms with Crippen LogP contribution in [0.5, 0.6) is 0 Å². The zero-order chi connectivity index (χ0) is 13.0. The highest BCUT2D eigenvalue weighted by Crippen LogP contribution is 2.25. The number of nitrogens with one attached hydrogen (secondary N) is 1. The Morgan fingerprint density at radius 3 is 2.94 bits per heavy atom. The van der Waals surface area contributed by atoms with Crippen LogP contribution in [-0.4, -0.2) is 12.7 Å². The number of halogens is 2. The summed E-state index contributed by atoms with van der Waals surface area (Å²) in [5.74, 6) is 4.54. The molecule has 1 aromatic rings. The Balaban J connectivity index is 2.00. The van der Waals surface area contributed by atoms with Crippen molar-refractivity contribution in [1.29, 1.82) is 0 Å². The van der Waals surface area contributed by atoms with Crippen LogP contribution >= 0.6 is 0 Å². The summed E-state index contributed by atoms with van der Waals surface area (Å²) in [7, 11) is 0. The molecule has 0 radical (unpaired) electrons. The van der Waals surface area contributed by atoms with E-state index in [0.29, 0.717) is 6.42 Å². The molecular weight excluding hydrogens is 238 g/mol. The average Bonchev–Trinajstić information content (AvgIpc) is 2.87. The first kappa shape index (κ1) is 13.4. The average molecular weight is 256 g/mol. The molecule has 2 unspecified atom stereocenters. The molecule has 0 amide bonds. The van der Waals surface area contributed by atoms with Gasteiger partial charge in [-0.2, -0.15) is 0 Å². The molecule has 0 bridgehead atoms. The summed E-state index contributed by atoms with van der Waals surface area (Å²) in [4.78, 5) is 0. The maximum Gasteiger partial charge on any atom is 0.128 e. The molecule has 1 heterocycles. The second-order valence-corrected chi connectivity index (χ2v) is 4.60. The Labute approximate surface area is 105 Å². The summed E-state index contributed by atoms with van der Waals surface area (Å²) < 4.78 is 32.2. The molecule has 0 aliphatic carbocycles. The van der Waals surface area contributed by atoms with Gasteiger partial charge < -0.3 is 4.74 Å². The van der Waals surface area contributed by atoms with Crippen LogP contribution in [0.4, 0.5) is 8.78 Å². The van der Waals surface area contributed by atoms with E-state index in [9.17, 15) is 8.78 Å². The summed E-state index contributed by atoms with van der Waals surface area (Å²) in [5.41, 5.74) is 2.82. The molecule has 0 saturated carbocycles. The predicted octanol–water partition coefficient (Wildman–Crippen LogP) is 2.43. The molecular formula is C13H18F2N2O. The number of hydrazine groups is 1. The molecule has 100 valence electrons. The fourth-order valence-corrected chi connectivity index (χ4v) is 2.33. The molecule has 5 heteroatoms. The van der Waals surface area contributed by atoms with Gasteiger partial charge in [0.15, 0.2) is 0 Å².